The van der Waals surface area contributed by atoms with E-state index in [4.69, 9.17) is 23.7 Å². The van der Waals surface area contributed by atoms with E-state index in [0.717, 1.165) is 0 Å². The molecule has 11 nitrogen and oxygen atoms in total. The highest BCUT2D eigenvalue weighted by molar-refractivity contribution is 4.95. The number of hydrogen-bond donors (Lipinski definition) is 6. The van der Waals surface area contributed by atoms with Gasteiger partial charge in [0.1, 0.15) is 48.8 Å². The quantitative estimate of drug-likeness (QED) is 0.221. The molecule has 0 amide bonds. The van der Waals surface area contributed by atoms with Crippen molar-refractivity contribution in [3.8, 4) is 0 Å². The molecule has 0 saturated carbocycles. The average molecular weight is 455 g/mol. The summed E-state index contributed by atoms with van der Waals surface area (Å²) in [6.45, 7) is 6.26. The second-order valence-corrected chi connectivity index (χ2v) is 8.19. The summed E-state index contributed by atoms with van der Waals surface area (Å²) in [4.78, 5) is 0. The van der Waals surface area contributed by atoms with Gasteiger partial charge in [-0.2, -0.15) is 0 Å². The third kappa shape index (κ3) is 6.33. The van der Waals surface area contributed by atoms with E-state index >= 15 is 0 Å². The highest BCUT2D eigenvalue weighted by Crippen LogP contribution is 2.31. The molecule has 0 aromatic rings. The predicted octanol–water partition coefficient (Wildman–Crippen LogP) is -1.75. The van der Waals surface area contributed by atoms with Crippen LogP contribution in [0, 0.1) is 0 Å². The average Bonchev–Trinajstić information content (AvgIpc) is 2.77. The summed E-state index contributed by atoms with van der Waals surface area (Å²) in [5, 5.41) is 61.4. The molecule has 2 rings (SSSR count). The summed E-state index contributed by atoms with van der Waals surface area (Å²) in [6, 6.07) is 0. The van der Waals surface area contributed by atoms with Crippen LogP contribution in [0.5, 0.6) is 0 Å². The highest BCUT2D eigenvalue weighted by Gasteiger charge is 2.51. The summed E-state index contributed by atoms with van der Waals surface area (Å²) >= 11 is 0. The standard InChI is InChI=1S/C20H38O11/c1-5-9(3)27-17-11(7-21)30-20(16(26)13(17)23)31-18-12(8-22)29-19(15(25)14(18)24)28-10(4)6-2/h9-26H,5-8H2,1-4H3/t9-,10+,11?,12?,13?,14?,15?,16?,17?,18?,19?,20?/m0/s1. The number of aliphatic hydroxyl groups is 6. The van der Waals surface area contributed by atoms with Crippen LogP contribution < -0.4 is 0 Å². The second kappa shape index (κ2) is 12.1. The number of hydrogen-bond acceptors (Lipinski definition) is 11. The van der Waals surface area contributed by atoms with Crippen molar-refractivity contribution in [2.45, 2.75) is 114 Å². The lowest BCUT2D eigenvalue weighted by molar-refractivity contribution is -0.365. The summed E-state index contributed by atoms with van der Waals surface area (Å²) in [6.07, 6.45) is -12.3. The number of rotatable bonds is 10. The van der Waals surface area contributed by atoms with E-state index < -0.39 is 74.6 Å². The fraction of sp³-hybridized carbons (Fsp3) is 1.00. The van der Waals surface area contributed by atoms with Crippen LogP contribution in [-0.4, -0.2) is 117 Å². The van der Waals surface area contributed by atoms with Crippen molar-refractivity contribution in [3.05, 3.63) is 0 Å². The van der Waals surface area contributed by atoms with Crippen molar-refractivity contribution >= 4 is 0 Å². The van der Waals surface area contributed by atoms with E-state index in [9.17, 15) is 30.6 Å². The number of aliphatic hydroxyl groups excluding tert-OH is 6. The van der Waals surface area contributed by atoms with Crippen LogP contribution in [0.1, 0.15) is 40.5 Å². The Labute approximate surface area is 182 Å². The molecule has 0 spiro atoms. The molecule has 2 fully saturated rings. The van der Waals surface area contributed by atoms with E-state index in [1.54, 1.807) is 13.8 Å². The normalized spacial score (nSPS) is 43.5. The maximum Gasteiger partial charge on any atom is 0.187 e. The minimum atomic E-state index is -1.57. The first-order valence-electron chi connectivity index (χ1n) is 10.9. The molecule has 184 valence electrons. The summed E-state index contributed by atoms with van der Waals surface area (Å²) in [5.74, 6) is 0. The molecule has 0 bridgehead atoms. The fourth-order valence-corrected chi connectivity index (χ4v) is 3.51. The van der Waals surface area contributed by atoms with E-state index in [2.05, 4.69) is 0 Å². The molecule has 31 heavy (non-hydrogen) atoms. The van der Waals surface area contributed by atoms with Crippen molar-refractivity contribution in [2.24, 2.45) is 0 Å². The first-order chi connectivity index (χ1) is 14.7. The molecule has 0 radical (unpaired) electrons. The van der Waals surface area contributed by atoms with Crippen molar-refractivity contribution in [2.75, 3.05) is 13.2 Å². The van der Waals surface area contributed by atoms with Gasteiger partial charge in [-0.3, -0.25) is 0 Å². The third-order valence-electron chi connectivity index (χ3n) is 5.84. The van der Waals surface area contributed by atoms with Crippen LogP contribution in [0.3, 0.4) is 0 Å². The Morgan fingerprint density at radius 2 is 1.13 bits per heavy atom. The summed E-state index contributed by atoms with van der Waals surface area (Å²) in [5.41, 5.74) is 0. The van der Waals surface area contributed by atoms with Crippen LogP contribution >= 0.6 is 0 Å². The van der Waals surface area contributed by atoms with Gasteiger partial charge >= 0.3 is 0 Å². The van der Waals surface area contributed by atoms with Gasteiger partial charge in [0.25, 0.3) is 0 Å². The van der Waals surface area contributed by atoms with E-state index in [1.807, 2.05) is 13.8 Å². The molecule has 10 unspecified atom stereocenters. The Balaban J connectivity index is 2.11. The third-order valence-corrected chi connectivity index (χ3v) is 5.84. The molecule has 0 aliphatic carbocycles. The zero-order valence-electron chi connectivity index (χ0n) is 18.5. The van der Waals surface area contributed by atoms with Gasteiger partial charge < -0.3 is 54.3 Å². The van der Waals surface area contributed by atoms with Gasteiger partial charge in [0.2, 0.25) is 0 Å². The minimum absolute atomic E-state index is 0.244. The van der Waals surface area contributed by atoms with Gasteiger partial charge in [0, 0.05) is 0 Å². The Morgan fingerprint density at radius 1 is 0.677 bits per heavy atom. The molecule has 11 heteroatoms. The summed E-state index contributed by atoms with van der Waals surface area (Å²) in [7, 11) is 0. The van der Waals surface area contributed by atoms with Gasteiger partial charge in [0.05, 0.1) is 25.4 Å². The lowest BCUT2D eigenvalue weighted by atomic mass is 9.96. The molecule has 2 aliphatic heterocycles. The second-order valence-electron chi connectivity index (χ2n) is 8.19. The van der Waals surface area contributed by atoms with Crippen LogP contribution in [-0.2, 0) is 23.7 Å². The summed E-state index contributed by atoms with van der Waals surface area (Å²) < 4.78 is 28.1. The van der Waals surface area contributed by atoms with Crippen molar-refractivity contribution < 1.29 is 54.3 Å². The molecular formula is C20H38O11. The Hall–Kier alpha value is -0.440. The molecule has 12 atom stereocenters. The smallest absolute Gasteiger partial charge is 0.187 e. The maximum absolute atomic E-state index is 10.6. The molecular weight excluding hydrogens is 416 g/mol. The molecule has 6 N–H and O–H groups in total. The van der Waals surface area contributed by atoms with Gasteiger partial charge in [-0.05, 0) is 26.7 Å². The van der Waals surface area contributed by atoms with Crippen molar-refractivity contribution in [1.82, 2.24) is 0 Å². The van der Waals surface area contributed by atoms with Gasteiger partial charge in [0.15, 0.2) is 12.6 Å². The lowest BCUT2D eigenvalue weighted by Gasteiger charge is -2.47. The maximum atomic E-state index is 10.6. The van der Waals surface area contributed by atoms with Gasteiger partial charge in [-0.15, -0.1) is 0 Å². The predicted molar refractivity (Wildman–Crippen MR) is 106 cm³/mol. The zero-order valence-corrected chi connectivity index (χ0v) is 18.5. The van der Waals surface area contributed by atoms with Crippen LogP contribution in [0.2, 0.25) is 0 Å². The first-order valence-corrected chi connectivity index (χ1v) is 10.9. The van der Waals surface area contributed by atoms with Gasteiger partial charge in [-0.25, -0.2) is 0 Å². The van der Waals surface area contributed by atoms with E-state index in [0.29, 0.717) is 12.8 Å². The number of ether oxygens (including phenoxy) is 5. The molecule has 2 heterocycles. The van der Waals surface area contributed by atoms with E-state index in [1.165, 1.54) is 0 Å². The van der Waals surface area contributed by atoms with Gasteiger partial charge in [-0.1, -0.05) is 13.8 Å². The van der Waals surface area contributed by atoms with Crippen LogP contribution in [0.4, 0.5) is 0 Å². The van der Waals surface area contributed by atoms with Crippen molar-refractivity contribution in [1.29, 1.82) is 0 Å². The zero-order chi connectivity index (χ0) is 23.3. The van der Waals surface area contributed by atoms with E-state index in [-0.39, 0.29) is 12.2 Å². The monoisotopic (exact) mass is 454 g/mol. The molecule has 2 saturated heterocycles. The Kier molecular flexibility index (Phi) is 10.5. The highest BCUT2D eigenvalue weighted by atomic mass is 16.7. The molecule has 0 aromatic heterocycles. The lowest BCUT2D eigenvalue weighted by Crippen LogP contribution is -2.65. The Bertz CT molecular complexity index is 519. The first kappa shape index (κ1) is 26.8. The largest absolute Gasteiger partial charge is 0.394 e. The minimum Gasteiger partial charge on any atom is -0.394 e. The Morgan fingerprint density at radius 3 is 1.68 bits per heavy atom. The topological polar surface area (TPSA) is 168 Å². The SMILES string of the molecule is CC[C@@H](C)OC1OC(CO)C(OC2OC(CO)C(O[C@@H](C)CC)C(O)C2O)C(O)C1O. The molecule has 0 aromatic carbocycles. The van der Waals surface area contributed by atoms with Crippen LogP contribution in [0.15, 0.2) is 0 Å². The fourth-order valence-electron chi connectivity index (χ4n) is 3.51. The van der Waals surface area contributed by atoms with Crippen LogP contribution in [0.25, 0.3) is 0 Å². The molecule has 2 aliphatic rings. The van der Waals surface area contributed by atoms with Crippen molar-refractivity contribution in [3.63, 3.8) is 0 Å².